The van der Waals surface area contributed by atoms with Crippen LogP contribution >= 0.6 is 0 Å². The highest BCUT2D eigenvalue weighted by Gasteiger charge is 2.19. The fourth-order valence-corrected chi connectivity index (χ4v) is 1.67. The van der Waals surface area contributed by atoms with Crippen LogP contribution in [-0.4, -0.2) is 48.4 Å². The van der Waals surface area contributed by atoms with Gasteiger partial charge in [-0.05, 0) is 19.8 Å². The molecule has 5 N–H and O–H groups in total. The van der Waals surface area contributed by atoms with Gasteiger partial charge >= 0.3 is 0 Å². The molecule has 0 saturated carbocycles. The van der Waals surface area contributed by atoms with Crippen LogP contribution < -0.4 is 16.8 Å². The molecule has 1 unspecified atom stereocenters. The predicted octanol–water partition coefficient (Wildman–Crippen LogP) is -1.60. The number of nitrogens with one attached hydrogen (secondary N) is 1. The van der Waals surface area contributed by atoms with E-state index in [4.69, 9.17) is 11.5 Å². The Bertz CT molecular complexity index is 262. The highest BCUT2D eigenvalue weighted by Crippen LogP contribution is 2.07. The third kappa shape index (κ3) is 4.16. The van der Waals surface area contributed by atoms with Crippen molar-refractivity contribution in [2.24, 2.45) is 11.5 Å². The van der Waals surface area contributed by atoms with Crippen LogP contribution in [0.1, 0.15) is 19.8 Å². The number of carbonyl (C=O) groups is 2. The molecule has 0 aromatic heterocycles. The van der Waals surface area contributed by atoms with E-state index >= 15 is 0 Å². The lowest BCUT2D eigenvalue weighted by Gasteiger charge is -2.29. The Morgan fingerprint density at radius 1 is 1.44 bits per heavy atom. The molecular formula is C10H20N4O2. The minimum absolute atomic E-state index is 0.165. The van der Waals surface area contributed by atoms with Gasteiger partial charge in [-0.3, -0.25) is 14.5 Å². The summed E-state index contributed by atoms with van der Waals surface area (Å²) in [5, 5.41) is 2.55. The third-order valence-corrected chi connectivity index (χ3v) is 2.80. The maximum Gasteiger partial charge on any atom is 0.239 e. The smallest absolute Gasteiger partial charge is 0.239 e. The Morgan fingerprint density at radius 2 is 2.00 bits per heavy atom. The molecule has 1 saturated heterocycles. The average molecular weight is 228 g/mol. The fourth-order valence-electron chi connectivity index (χ4n) is 1.67. The van der Waals surface area contributed by atoms with E-state index in [-0.39, 0.29) is 11.9 Å². The number of amides is 2. The van der Waals surface area contributed by atoms with E-state index in [2.05, 4.69) is 5.32 Å². The molecule has 1 atom stereocenters. The quantitative estimate of drug-likeness (QED) is 0.539. The van der Waals surface area contributed by atoms with Crippen LogP contribution in [0.2, 0.25) is 0 Å². The molecule has 0 bridgehead atoms. The zero-order chi connectivity index (χ0) is 12.1. The summed E-state index contributed by atoms with van der Waals surface area (Å²) in [7, 11) is 0. The molecule has 0 aromatic carbocycles. The molecule has 1 fully saturated rings. The van der Waals surface area contributed by atoms with Gasteiger partial charge in [-0.1, -0.05) is 0 Å². The molecule has 0 aromatic rings. The van der Waals surface area contributed by atoms with Crippen LogP contribution in [0, 0.1) is 0 Å². The Labute approximate surface area is 95.3 Å². The molecule has 92 valence electrons. The molecule has 0 aliphatic carbocycles. The molecule has 6 heteroatoms. The minimum Gasteiger partial charge on any atom is -0.368 e. The molecule has 1 rings (SSSR count). The maximum atomic E-state index is 11.5. The largest absolute Gasteiger partial charge is 0.368 e. The van der Waals surface area contributed by atoms with Gasteiger partial charge in [0.05, 0.1) is 6.54 Å². The molecule has 1 aliphatic heterocycles. The van der Waals surface area contributed by atoms with E-state index in [1.165, 1.54) is 0 Å². The molecular weight excluding hydrogens is 208 g/mol. The van der Waals surface area contributed by atoms with Crippen LogP contribution in [0.25, 0.3) is 0 Å². The van der Waals surface area contributed by atoms with Crippen molar-refractivity contribution < 1.29 is 9.59 Å². The zero-order valence-electron chi connectivity index (χ0n) is 9.61. The van der Waals surface area contributed by atoms with Gasteiger partial charge in [0, 0.05) is 19.1 Å². The van der Waals surface area contributed by atoms with Crippen LogP contribution in [0.4, 0.5) is 0 Å². The Morgan fingerprint density at radius 3 is 2.50 bits per heavy atom. The van der Waals surface area contributed by atoms with Crippen molar-refractivity contribution in [3.05, 3.63) is 0 Å². The van der Waals surface area contributed by atoms with E-state index in [0.717, 1.165) is 25.9 Å². The van der Waals surface area contributed by atoms with Crippen molar-refractivity contribution in [3.63, 3.8) is 0 Å². The van der Waals surface area contributed by atoms with Gasteiger partial charge < -0.3 is 16.8 Å². The lowest BCUT2D eigenvalue weighted by atomic mass is 10.1. The third-order valence-electron chi connectivity index (χ3n) is 2.80. The lowest BCUT2D eigenvalue weighted by Crippen LogP contribution is -2.48. The van der Waals surface area contributed by atoms with Crippen LogP contribution in [0.5, 0.6) is 0 Å². The number of carbonyl (C=O) groups excluding carboxylic acids is 2. The van der Waals surface area contributed by atoms with Crippen molar-refractivity contribution in [1.29, 1.82) is 0 Å². The average Bonchev–Trinajstić information content (AvgIpc) is 2.21. The number of hydrogen-bond donors (Lipinski definition) is 3. The normalized spacial score (nSPS) is 20.4. The first-order chi connectivity index (χ1) is 7.49. The number of likely N-dealkylation sites (tertiary alicyclic amines) is 1. The van der Waals surface area contributed by atoms with Gasteiger partial charge in [-0.2, -0.15) is 0 Å². The summed E-state index contributed by atoms with van der Waals surface area (Å²) in [6.07, 6.45) is 1.83. The summed E-state index contributed by atoms with van der Waals surface area (Å²) in [4.78, 5) is 24.3. The van der Waals surface area contributed by atoms with Gasteiger partial charge in [-0.25, -0.2) is 0 Å². The monoisotopic (exact) mass is 228 g/mol. The second-order valence-electron chi connectivity index (χ2n) is 4.31. The molecule has 6 nitrogen and oxygen atoms in total. The number of hydrogen-bond acceptors (Lipinski definition) is 4. The number of primary amides is 1. The molecule has 16 heavy (non-hydrogen) atoms. The van der Waals surface area contributed by atoms with E-state index < -0.39 is 11.9 Å². The van der Waals surface area contributed by atoms with Crippen molar-refractivity contribution in [2.45, 2.75) is 31.8 Å². The lowest BCUT2D eigenvalue weighted by molar-refractivity contribution is -0.127. The second-order valence-corrected chi connectivity index (χ2v) is 4.31. The Balaban J connectivity index is 2.26. The number of nitrogens with two attached hydrogens (primary N) is 2. The van der Waals surface area contributed by atoms with Crippen molar-refractivity contribution in [1.82, 2.24) is 10.2 Å². The summed E-state index contributed by atoms with van der Waals surface area (Å²) in [5.74, 6) is -0.684. The van der Waals surface area contributed by atoms with Crippen LogP contribution in [0.15, 0.2) is 0 Å². The van der Waals surface area contributed by atoms with Gasteiger partial charge in [-0.15, -0.1) is 0 Å². The highest BCUT2D eigenvalue weighted by atomic mass is 16.2. The maximum absolute atomic E-state index is 11.5. The first-order valence-corrected chi connectivity index (χ1v) is 5.55. The molecule has 2 amide bonds. The van der Waals surface area contributed by atoms with Gasteiger partial charge in [0.1, 0.15) is 6.04 Å². The molecule has 1 aliphatic rings. The number of nitrogens with zero attached hydrogens (tertiary/aromatic N) is 1. The fraction of sp³-hybridized carbons (Fsp3) is 0.800. The molecule has 1 heterocycles. The van der Waals surface area contributed by atoms with Crippen molar-refractivity contribution in [2.75, 3.05) is 19.6 Å². The minimum atomic E-state index is -0.612. The zero-order valence-corrected chi connectivity index (χ0v) is 9.61. The second kappa shape index (κ2) is 5.81. The summed E-state index contributed by atoms with van der Waals surface area (Å²) >= 11 is 0. The van der Waals surface area contributed by atoms with Gasteiger partial charge in [0.2, 0.25) is 11.8 Å². The summed E-state index contributed by atoms with van der Waals surface area (Å²) in [5.41, 5.74) is 10.8. The molecule has 0 spiro atoms. The van der Waals surface area contributed by atoms with Gasteiger partial charge in [0.25, 0.3) is 0 Å². The summed E-state index contributed by atoms with van der Waals surface area (Å²) in [6, 6.07) is -0.358. The van der Waals surface area contributed by atoms with Crippen molar-refractivity contribution in [3.8, 4) is 0 Å². The van der Waals surface area contributed by atoms with Crippen molar-refractivity contribution >= 4 is 11.8 Å². The van der Waals surface area contributed by atoms with Crippen LogP contribution in [-0.2, 0) is 9.59 Å². The Hall–Kier alpha value is -1.14. The predicted molar refractivity (Wildman–Crippen MR) is 60.4 cm³/mol. The number of piperidine rings is 1. The first-order valence-electron chi connectivity index (χ1n) is 5.55. The first kappa shape index (κ1) is 12.9. The number of rotatable bonds is 4. The summed E-state index contributed by atoms with van der Waals surface area (Å²) in [6.45, 7) is 3.55. The topological polar surface area (TPSA) is 101 Å². The molecule has 0 radical (unpaired) electrons. The highest BCUT2D eigenvalue weighted by molar-refractivity contribution is 5.86. The van der Waals surface area contributed by atoms with E-state index in [1.807, 2.05) is 4.90 Å². The van der Waals surface area contributed by atoms with Crippen LogP contribution in [0.3, 0.4) is 0 Å². The van der Waals surface area contributed by atoms with E-state index in [1.54, 1.807) is 6.92 Å². The van der Waals surface area contributed by atoms with E-state index in [9.17, 15) is 9.59 Å². The SMILES string of the molecule is CC(NC(=O)CN1CCC(N)CC1)C(N)=O. The van der Waals surface area contributed by atoms with E-state index in [0.29, 0.717) is 6.54 Å². The Kier molecular flexibility index (Phi) is 4.70. The standard InChI is InChI=1S/C10H20N4O2/c1-7(10(12)16)13-9(15)6-14-4-2-8(11)3-5-14/h7-8H,2-6,11H2,1H3,(H2,12,16)(H,13,15). The van der Waals surface area contributed by atoms with Gasteiger partial charge in [0.15, 0.2) is 0 Å². The summed E-state index contributed by atoms with van der Waals surface area (Å²) < 4.78 is 0.